The summed E-state index contributed by atoms with van der Waals surface area (Å²) in [7, 11) is 0. The average molecular weight is 362 g/mol. The van der Waals surface area contributed by atoms with Crippen molar-refractivity contribution in [1.29, 1.82) is 0 Å². The van der Waals surface area contributed by atoms with E-state index < -0.39 is 0 Å². The number of nitrogens with zero attached hydrogens (tertiary/aromatic N) is 2. The summed E-state index contributed by atoms with van der Waals surface area (Å²) >= 11 is 0. The first-order chi connectivity index (χ1) is 13.0. The molecule has 0 saturated carbocycles. The van der Waals surface area contributed by atoms with Crippen molar-refractivity contribution >= 4 is 28.5 Å². The Morgan fingerprint density at radius 3 is 2.59 bits per heavy atom. The molecule has 0 aliphatic heterocycles. The number of rotatable bonds is 5. The molecule has 0 aliphatic rings. The van der Waals surface area contributed by atoms with E-state index in [0.29, 0.717) is 40.3 Å². The topological polar surface area (TPSA) is 84.0 Å². The molecule has 1 heterocycles. The highest BCUT2D eigenvalue weighted by Crippen LogP contribution is 2.20. The van der Waals surface area contributed by atoms with Crippen molar-refractivity contribution in [3.8, 4) is 0 Å². The Labute approximate surface area is 158 Å². The molecule has 27 heavy (non-hydrogen) atoms. The van der Waals surface area contributed by atoms with E-state index in [4.69, 9.17) is 0 Å². The van der Waals surface area contributed by atoms with Crippen LogP contribution in [0.1, 0.15) is 40.1 Å². The summed E-state index contributed by atoms with van der Waals surface area (Å²) in [4.78, 5) is 33.6. The first kappa shape index (κ1) is 18.5. The van der Waals surface area contributed by atoms with Crippen LogP contribution in [0.3, 0.4) is 0 Å². The van der Waals surface area contributed by atoms with E-state index in [0.717, 1.165) is 5.56 Å². The molecule has 2 N–H and O–H groups in total. The largest absolute Gasteiger partial charge is 0.352 e. The van der Waals surface area contributed by atoms with Crippen molar-refractivity contribution in [2.75, 3.05) is 11.9 Å². The Balaban J connectivity index is 1.85. The van der Waals surface area contributed by atoms with Gasteiger partial charge in [-0.3, -0.25) is 19.6 Å². The summed E-state index contributed by atoms with van der Waals surface area (Å²) in [5, 5.41) is 5.78. The van der Waals surface area contributed by atoms with Gasteiger partial charge in [-0.05, 0) is 42.7 Å². The Morgan fingerprint density at radius 2 is 1.81 bits per heavy atom. The highest BCUT2D eigenvalue weighted by molar-refractivity contribution is 6.11. The van der Waals surface area contributed by atoms with Crippen LogP contribution in [0, 0.1) is 12.8 Å². The predicted octanol–water partition coefficient (Wildman–Crippen LogP) is 3.58. The van der Waals surface area contributed by atoms with Gasteiger partial charge >= 0.3 is 0 Å². The van der Waals surface area contributed by atoms with Gasteiger partial charge in [-0.25, -0.2) is 0 Å². The smallest absolute Gasteiger partial charge is 0.257 e. The summed E-state index contributed by atoms with van der Waals surface area (Å²) in [5.74, 6) is -0.0785. The van der Waals surface area contributed by atoms with Gasteiger partial charge in [0.15, 0.2) is 0 Å². The summed E-state index contributed by atoms with van der Waals surface area (Å²) < 4.78 is 0. The summed E-state index contributed by atoms with van der Waals surface area (Å²) in [6.07, 6.45) is 3.15. The second-order valence-electron chi connectivity index (χ2n) is 6.82. The lowest BCUT2D eigenvalue weighted by atomic mass is 10.1. The maximum atomic E-state index is 12.8. The fourth-order valence-corrected chi connectivity index (χ4v) is 2.66. The van der Waals surface area contributed by atoms with Crippen LogP contribution in [0.5, 0.6) is 0 Å². The van der Waals surface area contributed by atoms with Gasteiger partial charge in [0, 0.05) is 30.2 Å². The number of aryl methyl sites for hydroxylation is 1. The number of nitrogens with one attached hydrogen (secondary N) is 2. The molecule has 0 radical (unpaired) electrons. The number of para-hydroxylation sites is 1. The highest BCUT2D eigenvalue weighted by atomic mass is 16.2. The zero-order chi connectivity index (χ0) is 19.4. The molecule has 0 fully saturated rings. The van der Waals surface area contributed by atoms with E-state index in [2.05, 4.69) is 20.6 Å². The molecule has 2 amide bonds. The molecular weight excluding hydrogens is 340 g/mol. The fourth-order valence-electron chi connectivity index (χ4n) is 2.66. The van der Waals surface area contributed by atoms with Crippen LogP contribution in [0.15, 0.2) is 48.8 Å². The lowest BCUT2D eigenvalue weighted by Crippen LogP contribution is -2.27. The average Bonchev–Trinajstić information content (AvgIpc) is 2.67. The van der Waals surface area contributed by atoms with Crippen molar-refractivity contribution in [3.63, 3.8) is 0 Å². The highest BCUT2D eigenvalue weighted by Gasteiger charge is 2.14. The number of fused-ring (bicyclic) bond motifs is 1. The van der Waals surface area contributed by atoms with Crippen molar-refractivity contribution in [3.05, 3.63) is 65.5 Å². The van der Waals surface area contributed by atoms with Crippen LogP contribution < -0.4 is 10.6 Å². The van der Waals surface area contributed by atoms with Crippen LogP contribution in [0.25, 0.3) is 11.0 Å². The van der Waals surface area contributed by atoms with E-state index in [1.165, 1.54) is 0 Å². The van der Waals surface area contributed by atoms with Gasteiger partial charge in [-0.15, -0.1) is 0 Å². The van der Waals surface area contributed by atoms with Gasteiger partial charge in [0.05, 0.1) is 11.1 Å². The maximum Gasteiger partial charge on any atom is 0.257 e. The molecule has 0 spiro atoms. The van der Waals surface area contributed by atoms with Gasteiger partial charge < -0.3 is 10.6 Å². The number of hydrogen-bond donors (Lipinski definition) is 2. The van der Waals surface area contributed by atoms with E-state index in [9.17, 15) is 9.59 Å². The Kier molecular flexibility index (Phi) is 5.45. The monoisotopic (exact) mass is 362 g/mol. The lowest BCUT2D eigenvalue weighted by Gasteiger charge is -2.12. The summed E-state index contributed by atoms with van der Waals surface area (Å²) in [6.45, 7) is 6.56. The van der Waals surface area contributed by atoms with Crippen LogP contribution >= 0.6 is 0 Å². The second kappa shape index (κ2) is 7.95. The minimum atomic E-state index is -0.288. The second-order valence-corrected chi connectivity index (χ2v) is 6.82. The quantitative estimate of drug-likeness (QED) is 0.727. The molecule has 0 unspecified atom stereocenters. The van der Waals surface area contributed by atoms with Crippen molar-refractivity contribution in [1.82, 2.24) is 15.3 Å². The number of carbonyl (C=O) groups is 2. The number of hydrogen-bond acceptors (Lipinski definition) is 4. The molecule has 138 valence electrons. The third-order valence-corrected chi connectivity index (χ3v) is 4.16. The van der Waals surface area contributed by atoms with Crippen molar-refractivity contribution in [2.24, 2.45) is 5.92 Å². The first-order valence-electron chi connectivity index (χ1n) is 8.85. The molecule has 0 saturated heterocycles. The van der Waals surface area contributed by atoms with E-state index in [-0.39, 0.29) is 11.8 Å². The van der Waals surface area contributed by atoms with Gasteiger partial charge in [0.25, 0.3) is 11.8 Å². The molecule has 0 aliphatic carbocycles. The SMILES string of the molecule is Cc1ccc(C(=O)NCC(C)C)cc1NC(=O)c1cccc2nccnc12. The van der Waals surface area contributed by atoms with Gasteiger partial charge in [0.1, 0.15) is 5.52 Å². The molecular formula is C21H22N4O2. The maximum absolute atomic E-state index is 12.8. The zero-order valence-corrected chi connectivity index (χ0v) is 15.6. The lowest BCUT2D eigenvalue weighted by molar-refractivity contribution is 0.0947. The first-order valence-corrected chi connectivity index (χ1v) is 8.85. The van der Waals surface area contributed by atoms with Crippen LogP contribution in [-0.2, 0) is 0 Å². The van der Waals surface area contributed by atoms with Gasteiger partial charge in [0.2, 0.25) is 0 Å². The number of anilines is 1. The van der Waals surface area contributed by atoms with E-state index in [1.54, 1.807) is 36.7 Å². The molecule has 0 atom stereocenters. The number of carbonyl (C=O) groups excluding carboxylic acids is 2. The van der Waals surface area contributed by atoms with Crippen molar-refractivity contribution < 1.29 is 9.59 Å². The fraction of sp³-hybridized carbons (Fsp3) is 0.238. The molecule has 1 aromatic heterocycles. The molecule has 6 nitrogen and oxygen atoms in total. The minimum Gasteiger partial charge on any atom is -0.352 e. The minimum absolute atomic E-state index is 0.157. The number of aromatic nitrogens is 2. The normalized spacial score (nSPS) is 10.8. The van der Waals surface area contributed by atoms with E-state index in [1.807, 2.05) is 32.9 Å². The third-order valence-electron chi connectivity index (χ3n) is 4.16. The van der Waals surface area contributed by atoms with Crippen LogP contribution in [0.4, 0.5) is 5.69 Å². The zero-order valence-electron chi connectivity index (χ0n) is 15.6. The van der Waals surface area contributed by atoms with Crippen molar-refractivity contribution in [2.45, 2.75) is 20.8 Å². The predicted molar refractivity (Wildman–Crippen MR) is 106 cm³/mol. The van der Waals surface area contributed by atoms with Crippen LogP contribution in [-0.4, -0.2) is 28.3 Å². The molecule has 3 rings (SSSR count). The number of benzene rings is 2. The standard InChI is InChI=1S/C21H22N4O2/c1-13(2)12-24-20(26)15-8-7-14(3)18(11-15)25-21(27)16-5-4-6-17-19(16)23-10-9-22-17/h4-11,13H,12H2,1-3H3,(H,24,26)(H,25,27). The third kappa shape index (κ3) is 4.28. The Hall–Kier alpha value is -3.28. The molecule has 0 bridgehead atoms. The van der Waals surface area contributed by atoms with Gasteiger partial charge in [-0.1, -0.05) is 26.0 Å². The van der Waals surface area contributed by atoms with Crippen LogP contribution in [0.2, 0.25) is 0 Å². The summed E-state index contributed by atoms with van der Waals surface area (Å²) in [5.41, 5.74) is 3.61. The number of amides is 2. The molecule has 6 heteroatoms. The Morgan fingerprint density at radius 1 is 1.04 bits per heavy atom. The van der Waals surface area contributed by atoms with Gasteiger partial charge in [-0.2, -0.15) is 0 Å². The molecule has 3 aromatic rings. The Bertz CT molecular complexity index is 993. The molecule has 2 aromatic carbocycles. The van der Waals surface area contributed by atoms with E-state index >= 15 is 0 Å². The summed E-state index contributed by atoms with van der Waals surface area (Å²) in [6, 6.07) is 10.6.